The molecule has 0 aromatic heterocycles. The summed E-state index contributed by atoms with van der Waals surface area (Å²) in [6.07, 6.45) is 3.25. The third-order valence-electron chi connectivity index (χ3n) is 3.58. The maximum Gasteiger partial charge on any atom is 0.155 e. The fraction of sp³-hybridized carbons (Fsp3) is 1.00. The number of rotatable bonds is 8. The molecule has 108 valence electrons. The van der Waals surface area contributed by atoms with Crippen molar-refractivity contribution in [1.29, 1.82) is 0 Å². The summed E-state index contributed by atoms with van der Waals surface area (Å²) >= 11 is 0. The van der Waals surface area contributed by atoms with Crippen molar-refractivity contribution in [1.82, 2.24) is 5.32 Å². The van der Waals surface area contributed by atoms with Crippen molar-refractivity contribution < 1.29 is 14.2 Å². The third kappa shape index (κ3) is 4.50. The number of unbranched alkanes of at least 4 members (excludes halogenated alkanes) is 1. The van der Waals surface area contributed by atoms with Crippen LogP contribution in [-0.2, 0) is 14.2 Å². The molecule has 1 saturated heterocycles. The van der Waals surface area contributed by atoms with Crippen LogP contribution in [0.3, 0.4) is 0 Å². The minimum atomic E-state index is -0.195. The van der Waals surface area contributed by atoms with Gasteiger partial charge in [-0.3, -0.25) is 0 Å². The number of hydrogen-bond acceptors (Lipinski definition) is 4. The Morgan fingerprint density at radius 2 is 2.11 bits per heavy atom. The largest absolute Gasteiger partial charge is 0.370 e. The second kappa shape index (κ2) is 8.10. The molecule has 3 atom stereocenters. The van der Waals surface area contributed by atoms with E-state index >= 15 is 0 Å². The van der Waals surface area contributed by atoms with E-state index in [2.05, 4.69) is 19.2 Å². The predicted octanol–water partition coefficient (Wildman–Crippen LogP) is 2.32. The minimum Gasteiger partial charge on any atom is -0.370 e. The van der Waals surface area contributed by atoms with E-state index < -0.39 is 0 Å². The molecule has 1 N–H and O–H groups in total. The first-order valence-electron chi connectivity index (χ1n) is 7.26. The highest BCUT2D eigenvalue weighted by molar-refractivity contribution is 4.92. The lowest BCUT2D eigenvalue weighted by Crippen LogP contribution is -2.57. The molecule has 0 spiro atoms. The molecule has 4 heteroatoms. The van der Waals surface area contributed by atoms with Gasteiger partial charge in [0.15, 0.2) is 6.29 Å². The van der Waals surface area contributed by atoms with Gasteiger partial charge in [0.1, 0.15) is 5.60 Å². The van der Waals surface area contributed by atoms with Crippen molar-refractivity contribution in [3.8, 4) is 0 Å². The van der Waals surface area contributed by atoms with E-state index in [9.17, 15) is 0 Å². The van der Waals surface area contributed by atoms with Gasteiger partial charge in [0, 0.05) is 19.7 Å². The topological polar surface area (TPSA) is 39.7 Å². The molecule has 4 nitrogen and oxygen atoms in total. The average molecular weight is 259 g/mol. The molecule has 0 radical (unpaired) electrons. The van der Waals surface area contributed by atoms with Crippen LogP contribution in [0.4, 0.5) is 0 Å². The van der Waals surface area contributed by atoms with Crippen molar-refractivity contribution in [3.63, 3.8) is 0 Å². The number of nitrogens with one attached hydrogen (secondary N) is 1. The van der Waals surface area contributed by atoms with Gasteiger partial charge in [-0.1, -0.05) is 19.8 Å². The van der Waals surface area contributed by atoms with E-state index in [1.54, 1.807) is 0 Å². The molecule has 18 heavy (non-hydrogen) atoms. The van der Waals surface area contributed by atoms with E-state index in [4.69, 9.17) is 14.2 Å². The molecule has 0 bridgehead atoms. The molecule has 1 heterocycles. The summed E-state index contributed by atoms with van der Waals surface area (Å²) in [5.41, 5.74) is -0.195. The molecule has 0 aromatic carbocycles. The first-order chi connectivity index (χ1) is 8.64. The lowest BCUT2D eigenvalue weighted by atomic mass is 9.89. The van der Waals surface area contributed by atoms with Gasteiger partial charge < -0.3 is 19.5 Å². The fourth-order valence-electron chi connectivity index (χ4n) is 2.46. The molecule has 1 aliphatic heterocycles. The van der Waals surface area contributed by atoms with Crippen LogP contribution >= 0.6 is 0 Å². The van der Waals surface area contributed by atoms with Crippen LogP contribution in [0.5, 0.6) is 0 Å². The van der Waals surface area contributed by atoms with Gasteiger partial charge in [-0.05, 0) is 27.2 Å². The Kier molecular flexibility index (Phi) is 7.15. The first kappa shape index (κ1) is 15.9. The van der Waals surface area contributed by atoms with Crippen molar-refractivity contribution in [2.75, 3.05) is 26.3 Å². The van der Waals surface area contributed by atoms with Crippen molar-refractivity contribution in [2.24, 2.45) is 0 Å². The lowest BCUT2D eigenvalue weighted by molar-refractivity contribution is -0.221. The third-order valence-corrected chi connectivity index (χ3v) is 3.58. The summed E-state index contributed by atoms with van der Waals surface area (Å²) in [6, 6.07) is 0. The Balaban J connectivity index is 2.57. The van der Waals surface area contributed by atoms with Gasteiger partial charge in [-0.25, -0.2) is 0 Å². The quantitative estimate of drug-likeness (QED) is 0.679. The van der Waals surface area contributed by atoms with Crippen LogP contribution < -0.4 is 5.32 Å². The standard InChI is InChI=1S/C14H29NO3/c1-5-7-8-14(11-15-9-10-17-14)12(3)18-13(4)16-6-2/h12-13,15H,5-11H2,1-4H3. The van der Waals surface area contributed by atoms with Gasteiger partial charge in [0.25, 0.3) is 0 Å². The molecule has 0 aliphatic carbocycles. The van der Waals surface area contributed by atoms with E-state index in [1.165, 1.54) is 12.8 Å². The van der Waals surface area contributed by atoms with Crippen LogP contribution in [0, 0.1) is 0 Å². The molecule has 0 saturated carbocycles. The summed E-state index contributed by atoms with van der Waals surface area (Å²) in [5.74, 6) is 0. The molecule has 1 aliphatic rings. The van der Waals surface area contributed by atoms with Crippen molar-refractivity contribution in [3.05, 3.63) is 0 Å². The smallest absolute Gasteiger partial charge is 0.155 e. The maximum atomic E-state index is 6.07. The SMILES string of the molecule is CCCCC1(C(C)OC(C)OCC)CNCCO1. The molecule has 0 aromatic rings. The van der Waals surface area contributed by atoms with E-state index in [1.807, 2.05) is 13.8 Å². The number of morpholine rings is 1. The number of ether oxygens (including phenoxy) is 3. The first-order valence-corrected chi connectivity index (χ1v) is 7.26. The highest BCUT2D eigenvalue weighted by Crippen LogP contribution is 2.28. The van der Waals surface area contributed by atoms with Gasteiger partial charge in [0.2, 0.25) is 0 Å². The summed E-state index contributed by atoms with van der Waals surface area (Å²) in [4.78, 5) is 0. The summed E-state index contributed by atoms with van der Waals surface area (Å²) in [7, 11) is 0. The second-order valence-electron chi connectivity index (χ2n) is 4.99. The van der Waals surface area contributed by atoms with Gasteiger partial charge in [-0.15, -0.1) is 0 Å². The fourth-order valence-corrected chi connectivity index (χ4v) is 2.46. The zero-order valence-electron chi connectivity index (χ0n) is 12.3. The monoisotopic (exact) mass is 259 g/mol. The van der Waals surface area contributed by atoms with Crippen molar-refractivity contribution in [2.45, 2.75) is 65.0 Å². The van der Waals surface area contributed by atoms with Crippen molar-refractivity contribution >= 4 is 0 Å². The Hall–Kier alpha value is -0.160. The maximum absolute atomic E-state index is 6.07. The Labute approximate surface area is 111 Å². The van der Waals surface area contributed by atoms with E-state index in [-0.39, 0.29) is 18.0 Å². The summed E-state index contributed by atoms with van der Waals surface area (Å²) < 4.78 is 17.5. The zero-order chi connectivity index (χ0) is 13.4. The van der Waals surface area contributed by atoms with Crippen LogP contribution in [0.25, 0.3) is 0 Å². The molecular formula is C14H29NO3. The summed E-state index contributed by atoms with van der Waals surface area (Å²) in [5, 5.41) is 3.42. The summed E-state index contributed by atoms with van der Waals surface area (Å²) in [6.45, 7) is 11.5. The van der Waals surface area contributed by atoms with Crippen LogP contribution in [0.1, 0.15) is 47.0 Å². The average Bonchev–Trinajstić information content (AvgIpc) is 2.37. The Morgan fingerprint density at radius 3 is 2.67 bits per heavy atom. The van der Waals surface area contributed by atoms with Gasteiger partial charge in [0.05, 0.1) is 12.7 Å². The molecule has 1 fully saturated rings. The molecule has 0 amide bonds. The molecule has 3 unspecified atom stereocenters. The van der Waals surface area contributed by atoms with E-state index in [0.29, 0.717) is 6.61 Å². The minimum absolute atomic E-state index is 0.0402. The second-order valence-corrected chi connectivity index (χ2v) is 4.99. The highest BCUT2D eigenvalue weighted by Gasteiger charge is 2.39. The predicted molar refractivity (Wildman–Crippen MR) is 72.7 cm³/mol. The molecular weight excluding hydrogens is 230 g/mol. The Bertz CT molecular complexity index is 217. The van der Waals surface area contributed by atoms with Crippen LogP contribution in [0.2, 0.25) is 0 Å². The highest BCUT2D eigenvalue weighted by atomic mass is 16.7. The zero-order valence-corrected chi connectivity index (χ0v) is 12.3. The van der Waals surface area contributed by atoms with Gasteiger partial charge >= 0.3 is 0 Å². The van der Waals surface area contributed by atoms with Crippen LogP contribution in [0.15, 0.2) is 0 Å². The molecule has 1 rings (SSSR count). The van der Waals surface area contributed by atoms with Gasteiger partial charge in [-0.2, -0.15) is 0 Å². The normalized spacial score (nSPS) is 28.0. The number of hydrogen-bond donors (Lipinski definition) is 1. The Morgan fingerprint density at radius 1 is 1.33 bits per heavy atom. The van der Waals surface area contributed by atoms with E-state index in [0.717, 1.165) is 26.1 Å². The lowest BCUT2D eigenvalue weighted by Gasteiger charge is -2.42. The van der Waals surface area contributed by atoms with Crippen LogP contribution in [-0.4, -0.2) is 44.3 Å².